The van der Waals surface area contributed by atoms with Gasteiger partial charge in [0, 0.05) is 15.5 Å². The lowest BCUT2D eigenvalue weighted by atomic mass is 9.69. The van der Waals surface area contributed by atoms with Gasteiger partial charge < -0.3 is 4.74 Å². The summed E-state index contributed by atoms with van der Waals surface area (Å²) in [6, 6.07) is 13.2. The first kappa shape index (κ1) is 18.1. The maximum Gasteiger partial charge on any atom is 0.320 e. The number of fused-ring (bicyclic) bond motifs is 1. The highest BCUT2D eigenvalue weighted by Crippen LogP contribution is 2.48. The maximum absolute atomic E-state index is 13.2. The molecule has 0 N–H and O–H groups in total. The number of hydrogen-bond acceptors (Lipinski definition) is 5. The van der Waals surface area contributed by atoms with E-state index in [0.29, 0.717) is 21.7 Å². The van der Waals surface area contributed by atoms with Crippen molar-refractivity contribution in [1.82, 2.24) is 0 Å². The molecule has 0 heterocycles. The number of rotatable bonds is 5. The predicted molar refractivity (Wildman–Crippen MR) is 95.0 cm³/mol. The molecule has 1 aliphatic rings. The predicted octanol–water partition coefficient (Wildman–Crippen LogP) is 3.30. The second kappa shape index (κ2) is 6.88. The maximum atomic E-state index is 13.2. The van der Waals surface area contributed by atoms with Gasteiger partial charge in [-0.05, 0) is 29.7 Å². The molecule has 6 nitrogen and oxygen atoms in total. The van der Waals surface area contributed by atoms with Crippen molar-refractivity contribution in [2.75, 3.05) is 13.7 Å². The molecule has 0 saturated carbocycles. The smallest absolute Gasteiger partial charge is 0.320 e. The summed E-state index contributed by atoms with van der Waals surface area (Å²) in [6.45, 7) is -0.573. The molecule has 26 heavy (non-hydrogen) atoms. The molecule has 0 unspecified atom stereocenters. The Bertz CT molecular complexity index is 880. The van der Waals surface area contributed by atoms with Gasteiger partial charge in [0.1, 0.15) is 5.41 Å². The minimum atomic E-state index is -1.67. The van der Waals surface area contributed by atoms with Crippen LogP contribution in [-0.2, 0) is 16.0 Å². The van der Waals surface area contributed by atoms with Crippen LogP contribution in [0.5, 0.6) is 0 Å². The topological polar surface area (TPSA) is 86.5 Å². The van der Waals surface area contributed by atoms with E-state index < -0.39 is 34.6 Å². The third-order valence-electron chi connectivity index (χ3n) is 4.88. The van der Waals surface area contributed by atoms with Crippen molar-refractivity contribution in [2.45, 2.75) is 12.3 Å². The number of ketones is 1. The van der Waals surface area contributed by atoms with Crippen molar-refractivity contribution in [3.05, 3.63) is 80.4 Å². The molecular formula is C19H16ClNO5. The fraction of sp³-hybridized carbons (Fsp3) is 0.263. The molecule has 0 radical (unpaired) electrons. The highest BCUT2D eigenvalue weighted by atomic mass is 35.5. The van der Waals surface area contributed by atoms with Crippen molar-refractivity contribution in [3.63, 3.8) is 0 Å². The molecule has 0 aromatic heterocycles. The summed E-state index contributed by atoms with van der Waals surface area (Å²) >= 11 is 5.92. The lowest BCUT2D eigenvalue weighted by Crippen LogP contribution is -2.46. The second-order valence-electron chi connectivity index (χ2n) is 6.25. The Morgan fingerprint density at radius 2 is 1.92 bits per heavy atom. The summed E-state index contributed by atoms with van der Waals surface area (Å²) in [7, 11) is 1.19. The summed E-state index contributed by atoms with van der Waals surface area (Å²) in [4.78, 5) is 36.9. The molecule has 0 aliphatic heterocycles. The zero-order valence-electron chi connectivity index (χ0n) is 14.0. The first-order chi connectivity index (χ1) is 12.4. The number of Topliss-reactive ketones (excluding diaryl/α,β-unsaturated/α-hetero) is 1. The molecule has 2 atom stereocenters. The lowest BCUT2D eigenvalue weighted by molar-refractivity contribution is -0.485. The normalized spacial score (nSPS) is 19.7. The molecule has 2 aromatic carbocycles. The van der Waals surface area contributed by atoms with E-state index in [-0.39, 0.29) is 6.42 Å². The zero-order chi connectivity index (χ0) is 18.9. The van der Waals surface area contributed by atoms with E-state index in [0.717, 1.165) is 0 Å². The number of carbonyl (C=O) groups is 2. The molecule has 0 spiro atoms. The molecule has 2 aromatic rings. The van der Waals surface area contributed by atoms with Crippen LogP contribution in [0.3, 0.4) is 0 Å². The van der Waals surface area contributed by atoms with Crippen LogP contribution in [0.4, 0.5) is 0 Å². The number of nitro groups is 1. The first-order valence-corrected chi connectivity index (χ1v) is 8.36. The second-order valence-corrected chi connectivity index (χ2v) is 6.68. The number of carbonyl (C=O) groups excluding carboxylic acids is 2. The Hall–Kier alpha value is -2.73. The Labute approximate surface area is 154 Å². The molecule has 0 amide bonds. The quantitative estimate of drug-likeness (QED) is 0.347. The highest BCUT2D eigenvalue weighted by molar-refractivity contribution is 6.30. The minimum absolute atomic E-state index is 0.0653. The van der Waals surface area contributed by atoms with Gasteiger partial charge in [0.05, 0.1) is 13.0 Å². The van der Waals surface area contributed by atoms with Gasteiger partial charge in [-0.2, -0.15) is 0 Å². The Balaban J connectivity index is 2.19. The van der Waals surface area contributed by atoms with Gasteiger partial charge >= 0.3 is 5.97 Å². The summed E-state index contributed by atoms with van der Waals surface area (Å²) in [5.74, 6) is -2.18. The summed E-state index contributed by atoms with van der Waals surface area (Å²) in [5.41, 5.74) is -0.0811. The van der Waals surface area contributed by atoms with Gasteiger partial charge in [0.15, 0.2) is 5.78 Å². The number of benzene rings is 2. The van der Waals surface area contributed by atoms with E-state index in [2.05, 4.69) is 0 Å². The van der Waals surface area contributed by atoms with Gasteiger partial charge in [-0.3, -0.25) is 19.7 Å². The average molecular weight is 374 g/mol. The van der Waals surface area contributed by atoms with Gasteiger partial charge in [-0.1, -0.05) is 48.0 Å². The summed E-state index contributed by atoms with van der Waals surface area (Å²) in [6.07, 6.45) is 0.0653. The van der Waals surface area contributed by atoms with E-state index in [4.69, 9.17) is 16.3 Å². The van der Waals surface area contributed by atoms with Crippen molar-refractivity contribution < 1.29 is 19.2 Å². The molecule has 0 bridgehead atoms. The molecule has 1 aliphatic carbocycles. The van der Waals surface area contributed by atoms with Crippen LogP contribution in [0, 0.1) is 15.5 Å². The molecule has 134 valence electrons. The monoisotopic (exact) mass is 373 g/mol. The number of hydrogen-bond donors (Lipinski definition) is 0. The van der Waals surface area contributed by atoms with Crippen molar-refractivity contribution in [1.29, 1.82) is 0 Å². The van der Waals surface area contributed by atoms with Gasteiger partial charge in [-0.25, -0.2) is 0 Å². The summed E-state index contributed by atoms with van der Waals surface area (Å²) < 4.78 is 4.94. The zero-order valence-corrected chi connectivity index (χ0v) is 14.7. The number of halogens is 1. The Kier molecular flexibility index (Phi) is 4.78. The molecule has 0 fully saturated rings. The average Bonchev–Trinajstić information content (AvgIpc) is 2.93. The van der Waals surface area contributed by atoms with Crippen LogP contribution in [0.25, 0.3) is 0 Å². The van der Waals surface area contributed by atoms with E-state index in [1.54, 1.807) is 48.5 Å². The number of nitrogens with zero attached hydrogens (tertiary/aromatic N) is 1. The summed E-state index contributed by atoms with van der Waals surface area (Å²) in [5, 5.41) is 11.8. The fourth-order valence-corrected chi connectivity index (χ4v) is 3.80. The third kappa shape index (κ3) is 2.86. The van der Waals surface area contributed by atoms with Crippen molar-refractivity contribution >= 4 is 23.4 Å². The molecule has 0 saturated heterocycles. The van der Waals surface area contributed by atoms with Gasteiger partial charge in [0.25, 0.3) is 0 Å². The minimum Gasteiger partial charge on any atom is -0.468 e. The van der Waals surface area contributed by atoms with Crippen LogP contribution in [0.15, 0.2) is 48.5 Å². The standard InChI is InChI=1S/C19H16ClNO5/c1-26-18(23)19(10-13-4-2-3-5-15(13)17(19)22)16(11-21(24)25)12-6-8-14(20)9-7-12/h2-9,16H,10-11H2,1H3/t16-,19+/m1/s1. The van der Waals surface area contributed by atoms with E-state index in [9.17, 15) is 19.7 Å². The largest absolute Gasteiger partial charge is 0.468 e. The van der Waals surface area contributed by atoms with E-state index in [1.165, 1.54) is 7.11 Å². The Morgan fingerprint density at radius 3 is 2.50 bits per heavy atom. The van der Waals surface area contributed by atoms with Crippen LogP contribution in [0.1, 0.15) is 27.4 Å². The van der Waals surface area contributed by atoms with Gasteiger partial charge in [-0.15, -0.1) is 0 Å². The van der Waals surface area contributed by atoms with Crippen molar-refractivity contribution in [2.24, 2.45) is 5.41 Å². The van der Waals surface area contributed by atoms with Crippen LogP contribution >= 0.6 is 11.6 Å². The Morgan fingerprint density at radius 1 is 1.27 bits per heavy atom. The highest BCUT2D eigenvalue weighted by Gasteiger charge is 2.59. The van der Waals surface area contributed by atoms with Gasteiger partial charge in [0.2, 0.25) is 6.54 Å². The lowest BCUT2D eigenvalue weighted by Gasteiger charge is -2.31. The van der Waals surface area contributed by atoms with E-state index in [1.807, 2.05) is 0 Å². The SMILES string of the molecule is COC(=O)[C@]1([C@H](C[N+](=O)[O-])c2ccc(Cl)cc2)Cc2ccccc2C1=O. The van der Waals surface area contributed by atoms with Crippen LogP contribution < -0.4 is 0 Å². The van der Waals surface area contributed by atoms with E-state index >= 15 is 0 Å². The number of esters is 1. The van der Waals surface area contributed by atoms with Crippen LogP contribution in [-0.4, -0.2) is 30.3 Å². The number of methoxy groups -OCH3 is 1. The van der Waals surface area contributed by atoms with Crippen molar-refractivity contribution in [3.8, 4) is 0 Å². The van der Waals surface area contributed by atoms with Crippen LogP contribution in [0.2, 0.25) is 5.02 Å². The molecule has 7 heteroatoms. The third-order valence-corrected chi connectivity index (χ3v) is 5.14. The molecule has 3 rings (SSSR count). The number of ether oxygens (including phenoxy) is 1. The molecular weight excluding hydrogens is 358 g/mol. The first-order valence-electron chi connectivity index (χ1n) is 7.98. The fourth-order valence-electron chi connectivity index (χ4n) is 3.68.